The summed E-state index contributed by atoms with van der Waals surface area (Å²) in [5, 5.41) is 41.9. The van der Waals surface area contributed by atoms with Crippen LogP contribution in [0.4, 0.5) is 11.9 Å². The molecule has 27 nitrogen and oxygen atoms in total. The normalized spacial score (nSPS) is 25.9. The zero-order valence-electron chi connectivity index (χ0n) is 34.0. The van der Waals surface area contributed by atoms with Crippen molar-refractivity contribution in [2.45, 2.75) is 102 Å². The minimum Gasteiger partial charge on any atom is -0.387 e. The van der Waals surface area contributed by atoms with E-state index in [1.807, 2.05) is 0 Å². The molecule has 12 N–H and O–H groups in total. The zero-order valence-corrected chi connectivity index (χ0v) is 35.8. The number of imidazole rings is 2. The van der Waals surface area contributed by atoms with E-state index >= 15 is 0 Å². The predicted octanol–water partition coefficient (Wildman–Crippen LogP) is -0.448. The molecule has 0 radical (unpaired) electrons. The van der Waals surface area contributed by atoms with E-state index in [-0.39, 0.29) is 47.4 Å². The highest BCUT2D eigenvalue weighted by molar-refractivity contribution is 7.47. The number of aliphatic hydroxyl groups is 4. The van der Waals surface area contributed by atoms with Gasteiger partial charge in [-0.1, -0.05) is 52.9 Å². The van der Waals surface area contributed by atoms with Crippen molar-refractivity contribution in [2.75, 3.05) is 51.1 Å². The van der Waals surface area contributed by atoms with Crippen LogP contribution in [0.3, 0.4) is 0 Å². The first-order chi connectivity index (χ1) is 29.3. The number of nitrogens with zero attached hydrogens (tertiary/aromatic N) is 6. The summed E-state index contributed by atoms with van der Waals surface area (Å²) < 4.78 is 62.6. The molecule has 6 heterocycles. The lowest BCUT2D eigenvalue weighted by Crippen LogP contribution is -2.33. The maximum Gasteiger partial charge on any atom is 0.472 e. The number of aliphatic hydroxyl groups excluding tert-OH is 4. The number of nitrogen functional groups attached to an aromatic ring is 2. The molecule has 6 rings (SSSR count). The largest absolute Gasteiger partial charge is 0.472 e. The SMILES string of the molecule is CCCCCCC(C)C.Nc1nc2c(ncn2[C@@H]2O[C@H](COP(=O)(O)OCCOCCOP(=O)(O)OC[C@@H]3O[C@H](n4cnc5c(=O)[nH]c(N)nc54)C(O)[C@@H]3O)C(O)[C@@H]2O)c(=O)[nH]1. The minimum atomic E-state index is -4.73. The van der Waals surface area contributed by atoms with Crippen LogP contribution in [0.25, 0.3) is 22.3 Å². The van der Waals surface area contributed by atoms with E-state index in [0.717, 1.165) is 27.7 Å². The van der Waals surface area contributed by atoms with Gasteiger partial charge in [0.05, 0.1) is 52.3 Å². The fourth-order valence-corrected chi connectivity index (χ4v) is 7.80. The highest BCUT2D eigenvalue weighted by Gasteiger charge is 2.47. The van der Waals surface area contributed by atoms with E-state index in [0.29, 0.717) is 0 Å². The number of anilines is 2. The summed E-state index contributed by atoms with van der Waals surface area (Å²) in [6.07, 6.45) is -2.27. The number of phosphoric acid groups is 2. The van der Waals surface area contributed by atoms with Gasteiger partial charge in [-0.3, -0.25) is 46.8 Å². The monoisotopic (exact) mass is 924 g/mol. The molecule has 0 aromatic carbocycles. The standard InChI is InChI=1S/C24H34N10O17P2.C9H20/c25-23-29-17-11(19(39)31-23)27-7-33(17)21-15(37)13(35)9(50-21)5-48-52(41,42)46-3-1-45-2-4-47-53(43,44)49-6-10-14(36)16(38)22(51-10)34-8-28-12-18(34)30-24(26)32-20(12)40;1-4-5-6-7-8-9(2)3/h7-10,13-16,21-22,35-38H,1-6H2,(H,41,42)(H,43,44)(H3,25,29,31,39)(H3,26,30,32,40);9H,4-8H2,1-3H3/t9-,10+,13+,14?,15?,16-,21-,22+;/m0./s1. The Morgan fingerprint density at radius 2 is 1.15 bits per heavy atom. The summed E-state index contributed by atoms with van der Waals surface area (Å²) in [5.74, 6) is 0.444. The smallest absolute Gasteiger partial charge is 0.387 e. The average Bonchev–Trinajstić information content (AvgIpc) is 3.96. The van der Waals surface area contributed by atoms with Crippen LogP contribution in [0.2, 0.25) is 0 Å². The quantitative estimate of drug-likeness (QED) is 0.0374. The van der Waals surface area contributed by atoms with Crippen LogP contribution in [0.1, 0.15) is 65.3 Å². The van der Waals surface area contributed by atoms with Crippen molar-refractivity contribution in [2.24, 2.45) is 5.92 Å². The van der Waals surface area contributed by atoms with Crippen molar-refractivity contribution in [1.29, 1.82) is 0 Å². The fraction of sp³-hybridized carbons (Fsp3) is 0.697. The van der Waals surface area contributed by atoms with Crippen LogP contribution >= 0.6 is 15.6 Å². The lowest BCUT2D eigenvalue weighted by atomic mass is 10.1. The van der Waals surface area contributed by atoms with Gasteiger partial charge in [0.15, 0.2) is 34.8 Å². The van der Waals surface area contributed by atoms with Gasteiger partial charge in [0, 0.05) is 0 Å². The first-order valence-electron chi connectivity index (χ1n) is 19.6. The topological polar surface area (TPSA) is 399 Å². The fourth-order valence-electron chi connectivity index (χ4n) is 6.37. The van der Waals surface area contributed by atoms with Crippen LogP contribution in [-0.4, -0.2) is 146 Å². The number of H-pyrrole nitrogens is 2. The molecular weight excluding hydrogens is 870 g/mol. The number of ether oxygens (including phenoxy) is 3. The zero-order chi connectivity index (χ0) is 45.4. The van der Waals surface area contributed by atoms with Crippen molar-refractivity contribution in [3.05, 3.63) is 33.4 Å². The molecule has 2 aliphatic heterocycles. The molecule has 4 unspecified atom stereocenters. The Bertz CT molecular complexity index is 2140. The summed E-state index contributed by atoms with van der Waals surface area (Å²) in [7, 11) is -9.47. The van der Waals surface area contributed by atoms with Gasteiger partial charge in [-0.15, -0.1) is 0 Å². The van der Waals surface area contributed by atoms with Gasteiger partial charge in [-0.05, 0) is 5.92 Å². The van der Waals surface area contributed by atoms with Gasteiger partial charge >= 0.3 is 15.6 Å². The molecule has 0 bridgehead atoms. The van der Waals surface area contributed by atoms with E-state index < -0.39 is 102 Å². The molecule has 4 aromatic rings. The summed E-state index contributed by atoms with van der Waals surface area (Å²) in [6.45, 7) is 3.84. The van der Waals surface area contributed by atoms with E-state index in [2.05, 4.69) is 50.7 Å². The van der Waals surface area contributed by atoms with Gasteiger partial charge in [-0.25, -0.2) is 19.1 Å². The number of fused-ring (bicyclic) bond motifs is 2. The molecule has 10 atom stereocenters. The van der Waals surface area contributed by atoms with E-state index in [9.17, 15) is 48.9 Å². The Labute approximate surface area is 352 Å². The molecule has 2 aliphatic rings. The van der Waals surface area contributed by atoms with Crippen molar-refractivity contribution in [1.82, 2.24) is 39.0 Å². The summed E-state index contributed by atoms with van der Waals surface area (Å²) in [5.41, 5.74) is 9.56. The molecular formula is C33H54N10O17P2. The van der Waals surface area contributed by atoms with Crippen molar-refractivity contribution in [3.8, 4) is 0 Å². The molecule has 4 aromatic heterocycles. The second-order valence-electron chi connectivity index (χ2n) is 14.7. The van der Waals surface area contributed by atoms with Gasteiger partial charge in [0.1, 0.15) is 36.6 Å². The lowest BCUT2D eigenvalue weighted by Gasteiger charge is -2.18. The molecule has 62 heavy (non-hydrogen) atoms. The van der Waals surface area contributed by atoms with Gasteiger partial charge < -0.3 is 55.9 Å². The molecule has 0 aliphatic carbocycles. The van der Waals surface area contributed by atoms with Crippen molar-refractivity contribution < 1.29 is 71.6 Å². The van der Waals surface area contributed by atoms with Crippen LogP contribution in [0.15, 0.2) is 22.2 Å². The first-order valence-corrected chi connectivity index (χ1v) is 22.6. The predicted molar refractivity (Wildman–Crippen MR) is 215 cm³/mol. The van der Waals surface area contributed by atoms with Crippen molar-refractivity contribution in [3.63, 3.8) is 0 Å². The minimum absolute atomic E-state index is 0.0420. The summed E-state index contributed by atoms with van der Waals surface area (Å²) >= 11 is 0. The number of hydrogen-bond donors (Lipinski definition) is 10. The number of phosphoric ester groups is 2. The first kappa shape index (κ1) is 49.3. The third-order valence-electron chi connectivity index (χ3n) is 9.53. The van der Waals surface area contributed by atoms with E-state index in [1.165, 1.54) is 32.1 Å². The maximum atomic E-state index is 12.3. The van der Waals surface area contributed by atoms with Crippen LogP contribution in [0, 0.1) is 5.92 Å². The Balaban J connectivity index is 0.000000725. The van der Waals surface area contributed by atoms with E-state index in [1.54, 1.807) is 0 Å². The molecule has 0 amide bonds. The molecule has 2 saturated heterocycles. The maximum absolute atomic E-state index is 12.3. The Morgan fingerprint density at radius 1 is 0.710 bits per heavy atom. The van der Waals surface area contributed by atoms with Crippen molar-refractivity contribution >= 4 is 49.9 Å². The molecule has 0 saturated carbocycles. The second kappa shape index (κ2) is 21.7. The number of aromatic nitrogens is 8. The Kier molecular flexibility index (Phi) is 17.3. The van der Waals surface area contributed by atoms with Crippen LogP contribution < -0.4 is 22.6 Å². The van der Waals surface area contributed by atoms with Gasteiger partial charge in [0.2, 0.25) is 11.9 Å². The third kappa shape index (κ3) is 12.7. The number of hydrogen-bond acceptors (Lipinski definition) is 21. The number of aromatic amines is 2. The summed E-state index contributed by atoms with van der Waals surface area (Å²) in [4.78, 5) is 64.3. The van der Waals surface area contributed by atoms with Gasteiger partial charge in [-0.2, -0.15) is 9.97 Å². The Hall–Kier alpha value is -3.76. The number of rotatable bonds is 21. The number of nitrogens with one attached hydrogen (secondary N) is 2. The second-order valence-corrected chi connectivity index (χ2v) is 17.6. The highest BCUT2D eigenvalue weighted by atomic mass is 31.2. The Morgan fingerprint density at radius 3 is 1.55 bits per heavy atom. The molecule has 348 valence electrons. The number of unbranched alkanes of at least 4 members (excludes halogenated alkanes) is 3. The summed E-state index contributed by atoms with van der Waals surface area (Å²) in [6, 6.07) is 0. The van der Waals surface area contributed by atoms with Gasteiger partial charge in [0.25, 0.3) is 11.1 Å². The average molecular weight is 925 g/mol. The lowest BCUT2D eigenvalue weighted by molar-refractivity contribution is -0.0526. The third-order valence-corrected chi connectivity index (χ3v) is 11.5. The molecule has 29 heteroatoms. The highest BCUT2D eigenvalue weighted by Crippen LogP contribution is 2.45. The van der Waals surface area contributed by atoms with E-state index in [4.69, 9.17) is 43.8 Å². The molecule has 0 spiro atoms. The molecule has 2 fully saturated rings. The van der Waals surface area contributed by atoms with Crippen LogP contribution in [0.5, 0.6) is 0 Å². The van der Waals surface area contributed by atoms with Crippen LogP contribution in [-0.2, 0) is 41.4 Å². The number of nitrogens with two attached hydrogens (primary N) is 2.